The maximum absolute atomic E-state index is 12.8. The summed E-state index contributed by atoms with van der Waals surface area (Å²) in [6.45, 7) is 10.5. The first-order valence-electron chi connectivity index (χ1n) is 13.2. The number of aromatic nitrogens is 5. The maximum Gasteiger partial charge on any atom is 0.227 e. The lowest BCUT2D eigenvalue weighted by Gasteiger charge is -2.22. The van der Waals surface area contributed by atoms with E-state index >= 15 is 0 Å². The van der Waals surface area contributed by atoms with Gasteiger partial charge in [-0.1, -0.05) is 32.9 Å². The summed E-state index contributed by atoms with van der Waals surface area (Å²) in [5, 5.41) is 12.2. The van der Waals surface area contributed by atoms with Gasteiger partial charge in [0.05, 0.1) is 33.5 Å². The standard InChI is InChI=1S/C29H35N7OS/c1-19-15-21(6-5-20(19)7-8-25(37)26-17-32-27(38-26)29(2,3)4)24-11-14-31-28(35-24)34-22-16-33-36(18-22)23-9-12-30-13-10-23/h5-6,11,14-18,23,30H,7-10,12-13H2,1-4H3,(H,31,34,35). The molecule has 4 aromatic rings. The lowest BCUT2D eigenvalue weighted by molar-refractivity contribution is 0.0986. The maximum atomic E-state index is 12.8. The molecule has 0 atom stereocenters. The van der Waals surface area contributed by atoms with Gasteiger partial charge >= 0.3 is 0 Å². The molecule has 1 aliphatic heterocycles. The normalized spacial score (nSPS) is 14.5. The van der Waals surface area contributed by atoms with E-state index in [4.69, 9.17) is 4.98 Å². The topological polar surface area (TPSA) is 97.6 Å². The van der Waals surface area contributed by atoms with Crippen LogP contribution in [0.5, 0.6) is 0 Å². The number of ketones is 1. The van der Waals surface area contributed by atoms with Crippen LogP contribution in [0.4, 0.5) is 11.6 Å². The van der Waals surface area contributed by atoms with Gasteiger partial charge in [-0.15, -0.1) is 11.3 Å². The number of carbonyl (C=O) groups excluding carboxylic acids is 1. The molecule has 1 aromatic carbocycles. The van der Waals surface area contributed by atoms with Gasteiger partial charge in [-0.2, -0.15) is 5.10 Å². The number of thiazole rings is 1. The van der Waals surface area contributed by atoms with Crippen molar-refractivity contribution >= 4 is 28.8 Å². The van der Waals surface area contributed by atoms with Crippen molar-refractivity contribution in [3.8, 4) is 11.3 Å². The number of anilines is 2. The van der Waals surface area contributed by atoms with Crippen molar-refractivity contribution in [2.75, 3.05) is 18.4 Å². The average Bonchev–Trinajstić information content (AvgIpc) is 3.59. The molecule has 1 aliphatic rings. The first kappa shape index (κ1) is 26.2. The Labute approximate surface area is 228 Å². The monoisotopic (exact) mass is 529 g/mol. The Hall–Kier alpha value is -3.43. The molecule has 1 fully saturated rings. The number of hydrogen-bond acceptors (Lipinski definition) is 8. The van der Waals surface area contributed by atoms with Crippen molar-refractivity contribution < 1.29 is 4.79 Å². The fourth-order valence-corrected chi connectivity index (χ4v) is 5.58. The quantitative estimate of drug-likeness (QED) is 0.275. The SMILES string of the molecule is Cc1cc(-c2ccnc(Nc3cnn(C4CCNCC4)c3)n2)ccc1CCC(=O)c1cnc(C(C)(C)C)s1. The van der Waals surface area contributed by atoms with Gasteiger partial charge in [0.25, 0.3) is 0 Å². The Morgan fingerprint density at radius 2 is 1.97 bits per heavy atom. The Balaban J connectivity index is 1.22. The van der Waals surface area contributed by atoms with Crippen LogP contribution in [0.3, 0.4) is 0 Å². The van der Waals surface area contributed by atoms with E-state index in [0.717, 1.165) is 58.3 Å². The third-order valence-electron chi connectivity index (χ3n) is 6.88. The second-order valence-electron chi connectivity index (χ2n) is 10.9. The zero-order valence-corrected chi connectivity index (χ0v) is 23.3. The number of nitrogens with one attached hydrogen (secondary N) is 2. The second-order valence-corrected chi connectivity index (χ2v) is 12.0. The van der Waals surface area contributed by atoms with E-state index in [1.54, 1.807) is 12.4 Å². The van der Waals surface area contributed by atoms with Gasteiger partial charge < -0.3 is 10.6 Å². The van der Waals surface area contributed by atoms with Gasteiger partial charge in [-0.3, -0.25) is 9.48 Å². The molecule has 4 heterocycles. The molecular formula is C29H35N7OS. The zero-order chi connectivity index (χ0) is 26.7. The molecule has 9 heteroatoms. The van der Waals surface area contributed by atoms with E-state index in [2.05, 4.69) is 71.6 Å². The minimum atomic E-state index is -0.0408. The number of hydrogen-bond donors (Lipinski definition) is 2. The van der Waals surface area contributed by atoms with E-state index in [1.807, 2.05) is 23.1 Å². The van der Waals surface area contributed by atoms with Crippen LogP contribution in [0.1, 0.15) is 71.9 Å². The summed E-state index contributed by atoms with van der Waals surface area (Å²) in [5.41, 5.74) is 5.02. The smallest absolute Gasteiger partial charge is 0.227 e. The summed E-state index contributed by atoms with van der Waals surface area (Å²) < 4.78 is 2.04. The van der Waals surface area contributed by atoms with Crippen LogP contribution >= 0.6 is 11.3 Å². The Morgan fingerprint density at radius 1 is 1.16 bits per heavy atom. The molecule has 3 aromatic heterocycles. The number of nitrogens with zero attached hydrogens (tertiary/aromatic N) is 5. The summed E-state index contributed by atoms with van der Waals surface area (Å²) >= 11 is 1.51. The molecule has 38 heavy (non-hydrogen) atoms. The van der Waals surface area contributed by atoms with Crippen molar-refractivity contribution in [3.63, 3.8) is 0 Å². The van der Waals surface area contributed by atoms with Crippen LogP contribution in [0.2, 0.25) is 0 Å². The highest BCUT2D eigenvalue weighted by atomic mass is 32.1. The molecule has 0 saturated carbocycles. The minimum absolute atomic E-state index is 0.0408. The molecule has 0 radical (unpaired) electrons. The minimum Gasteiger partial charge on any atom is -0.321 e. The summed E-state index contributed by atoms with van der Waals surface area (Å²) in [6, 6.07) is 8.64. The highest BCUT2D eigenvalue weighted by Crippen LogP contribution is 2.28. The van der Waals surface area contributed by atoms with Gasteiger partial charge in [0.15, 0.2) is 5.78 Å². The molecular weight excluding hydrogens is 494 g/mol. The number of benzene rings is 1. The summed E-state index contributed by atoms with van der Waals surface area (Å²) in [4.78, 5) is 27.1. The number of carbonyl (C=O) groups is 1. The largest absolute Gasteiger partial charge is 0.321 e. The Morgan fingerprint density at radius 3 is 2.71 bits per heavy atom. The van der Waals surface area contributed by atoms with Crippen LogP contribution in [0.25, 0.3) is 11.3 Å². The van der Waals surface area contributed by atoms with Gasteiger partial charge in [-0.05, 0) is 62.5 Å². The van der Waals surface area contributed by atoms with Crippen LogP contribution < -0.4 is 10.6 Å². The predicted octanol–water partition coefficient (Wildman–Crippen LogP) is 5.89. The molecule has 0 bridgehead atoms. The van der Waals surface area contributed by atoms with Crippen LogP contribution in [-0.4, -0.2) is 43.6 Å². The molecule has 0 spiro atoms. The molecule has 198 valence electrons. The fraction of sp³-hybridized carbons (Fsp3) is 0.414. The Bertz CT molecular complexity index is 1410. The lowest BCUT2D eigenvalue weighted by atomic mass is 9.98. The van der Waals surface area contributed by atoms with E-state index in [1.165, 1.54) is 16.9 Å². The van der Waals surface area contributed by atoms with E-state index in [9.17, 15) is 4.79 Å². The van der Waals surface area contributed by atoms with Crippen molar-refractivity contribution in [3.05, 3.63) is 70.1 Å². The van der Waals surface area contributed by atoms with E-state index in [-0.39, 0.29) is 11.2 Å². The molecule has 2 N–H and O–H groups in total. The summed E-state index contributed by atoms with van der Waals surface area (Å²) in [5.74, 6) is 0.690. The third kappa shape index (κ3) is 6.16. The number of rotatable bonds is 8. The van der Waals surface area contributed by atoms with E-state index < -0.39 is 0 Å². The third-order valence-corrected chi connectivity index (χ3v) is 8.34. The van der Waals surface area contributed by atoms with Gasteiger partial charge in [0.1, 0.15) is 0 Å². The van der Waals surface area contributed by atoms with E-state index in [0.29, 0.717) is 24.8 Å². The van der Waals surface area contributed by atoms with Gasteiger partial charge in [0.2, 0.25) is 5.95 Å². The number of piperidine rings is 1. The summed E-state index contributed by atoms with van der Waals surface area (Å²) in [7, 11) is 0. The average molecular weight is 530 g/mol. The first-order chi connectivity index (χ1) is 18.3. The first-order valence-corrected chi connectivity index (χ1v) is 14.0. The molecule has 0 aliphatic carbocycles. The molecule has 0 amide bonds. The van der Waals surface area contributed by atoms with Crippen LogP contribution in [0.15, 0.2) is 49.1 Å². The van der Waals surface area contributed by atoms with Crippen molar-refractivity contribution in [1.29, 1.82) is 0 Å². The summed E-state index contributed by atoms with van der Waals surface area (Å²) in [6.07, 6.45) is 10.7. The van der Waals surface area contributed by atoms with Gasteiger partial charge in [-0.25, -0.2) is 15.0 Å². The molecule has 8 nitrogen and oxygen atoms in total. The molecule has 0 unspecified atom stereocenters. The molecule has 1 saturated heterocycles. The predicted molar refractivity (Wildman–Crippen MR) is 152 cm³/mol. The van der Waals surface area contributed by atoms with Gasteiger partial charge in [0, 0.05) is 36.0 Å². The van der Waals surface area contributed by atoms with Crippen molar-refractivity contribution in [2.24, 2.45) is 0 Å². The Kier molecular flexibility index (Phi) is 7.67. The van der Waals surface area contributed by atoms with Crippen molar-refractivity contribution in [1.82, 2.24) is 30.0 Å². The lowest BCUT2D eigenvalue weighted by Crippen LogP contribution is -2.29. The van der Waals surface area contributed by atoms with Crippen LogP contribution in [-0.2, 0) is 11.8 Å². The zero-order valence-electron chi connectivity index (χ0n) is 22.5. The van der Waals surface area contributed by atoms with Crippen molar-refractivity contribution in [2.45, 2.75) is 64.8 Å². The number of Topliss-reactive ketones (excluding diaryl/α,β-unsaturated/α-hetero) is 1. The highest BCUT2D eigenvalue weighted by molar-refractivity contribution is 7.13. The molecule has 5 rings (SSSR count). The second kappa shape index (κ2) is 11.1. The van der Waals surface area contributed by atoms with Crippen LogP contribution in [0, 0.1) is 6.92 Å². The number of aryl methyl sites for hydroxylation is 2. The highest BCUT2D eigenvalue weighted by Gasteiger charge is 2.20. The fourth-order valence-electron chi connectivity index (χ4n) is 4.64.